The SMILES string of the molecule is C[C@@H]1CC2C3C[C@H](F)C4=CC(=O)C=C[C@]4(C)[C@@]3(Cl)[C@@H](O)C[C@]2(C)C1C(=O)COC(=O)C(C)(C)C. The maximum absolute atomic E-state index is 15.5. The van der Waals surface area contributed by atoms with Gasteiger partial charge >= 0.3 is 5.97 Å². The number of halogens is 2. The molecule has 0 spiro atoms. The van der Waals surface area contributed by atoms with E-state index in [1.807, 2.05) is 20.8 Å². The molecule has 0 aromatic carbocycles. The van der Waals surface area contributed by atoms with Crippen LogP contribution in [0.25, 0.3) is 0 Å². The maximum atomic E-state index is 15.5. The average Bonchev–Trinajstić information content (AvgIpc) is 2.99. The highest BCUT2D eigenvalue weighted by atomic mass is 35.5. The number of esters is 1. The van der Waals surface area contributed by atoms with Crippen LogP contribution in [0.3, 0.4) is 0 Å². The first-order valence-corrected chi connectivity index (χ1v) is 12.6. The number of carbonyl (C=O) groups excluding carboxylic acids is 3. The molecular weight excluding hydrogens is 459 g/mol. The van der Waals surface area contributed by atoms with Crippen molar-refractivity contribution in [3.05, 3.63) is 23.8 Å². The van der Waals surface area contributed by atoms with Gasteiger partial charge < -0.3 is 9.84 Å². The van der Waals surface area contributed by atoms with Crippen molar-refractivity contribution in [3.8, 4) is 0 Å². The Morgan fingerprint density at radius 3 is 2.50 bits per heavy atom. The van der Waals surface area contributed by atoms with E-state index in [9.17, 15) is 19.5 Å². The Bertz CT molecular complexity index is 982. The first-order chi connectivity index (χ1) is 15.6. The van der Waals surface area contributed by atoms with Crippen LogP contribution in [0.4, 0.5) is 4.39 Å². The summed E-state index contributed by atoms with van der Waals surface area (Å²) in [5.41, 5.74) is -1.97. The topological polar surface area (TPSA) is 80.7 Å². The summed E-state index contributed by atoms with van der Waals surface area (Å²) in [6.45, 7) is 10.7. The lowest BCUT2D eigenvalue weighted by atomic mass is 9.46. The van der Waals surface area contributed by atoms with Crippen molar-refractivity contribution < 1.29 is 28.6 Å². The Balaban J connectivity index is 1.67. The summed E-state index contributed by atoms with van der Waals surface area (Å²) < 4.78 is 20.9. The summed E-state index contributed by atoms with van der Waals surface area (Å²) in [6, 6.07) is 0. The molecule has 0 bridgehead atoms. The molecule has 0 heterocycles. The van der Waals surface area contributed by atoms with Crippen LogP contribution in [-0.4, -0.2) is 46.4 Å². The molecule has 0 aliphatic heterocycles. The second-order valence-corrected chi connectivity index (χ2v) is 13.1. The van der Waals surface area contributed by atoms with E-state index in [-0.39, 0.29) is 48.8 Å². The fourth-order valence-corrected chi connectivity index (χ4v) is 8.19. The molecule has 5 nitrogen and oxygen atoms in total. The van der Waals surface area contributed by atoms with Gasteiger partial charge in [0.1, 0.15) is 12.8 Å². The second kappa shape index (κ2) is 7.99. The molecule has 0 aromatic rings. The van der Waals surface area contributed by atoms with E-state index in [0.717, 1.165) is 0 Å². The molecule has 9 atom stereocenters. The van der Waals surface area contributed by atoms with Gasteiger partial charge in [0.25, 0.3) is 0 Å². The quantitative estimate of drug-likeness (QED) is 0.458. The zero-order valence-electron chi connectivity index (χ0n) is 20.9. The number of ketones is 2. The Labute approximate surface area is 206 Å². The molecule has 4 rings (SSSR count). The summed E-state index contributed by atoms with van der Waals surface area (Å²) in [7, 11) is 0. The van der Waals surface area contributed by atoms with Gasteiger partial charge in [0.05, 0.1) is 16.4 Å². The molecule has 4 aliphatic rings. The average molecular weight is 495 g/mol. The van der Waals surface area contributed by atoms with E-state index in [2.05, 4.69) is 0 Å². The third kappa shape index (κ3) is 3.46. The molecule has 3 fully saturated rings. The van der Waals surface area contributed by atoms with Crippen LogP contribution in [0.2, 0.25) is 0 Å². The Kier molecular flexibility index (Phi) is 6.01. The van der Waals surface area contributed by atoms with Gasteiger partial charge in [0.15, 0.2) is 11.6 Å². The van der Waals surface area contributed by atoms with Crippen molar-refractivity contribution in [2.45, 2.75) is 78.0 Å². The highest BCUT2D eigenvalue weighted by molar-refractivity contribution is 6.26. The van der Waals surface area contributed by atoms with Gasteiger partial charge in [0, 0.05) is 11.3 Å². The lowest BCUT2D eigenvalue weighted by Crippen LogP contribution is -2.67. The van der Waals surface area contributed by atoms with Gasteiger partial charge in [-0.1, -0.05) is 26.8 Å². The van der Waals surface area contributed by atoms with Gasteiger partial charge in [-0.05, 0) is 80.9 Å². The number of fused-ring (bicyclic) bond motifs is 5. The van der Waals surface area contributed by atoms with Gasteiger partial charge in [-0.15, -0.1) is 11.6 Å². The van der Waals surface area contributed by atoms with Gasteiger partial charge in [-0.2, -0.15) is 0 Å². The predicted octanol–water partition coefficient (Wildman–Crippen LogP) is 4.60. The monoisotopic (exact) mass is 494 g/mol. The molecule has 3 saturated carbocycles. The van der Waals surface area contributed by atoms with Crippen molar-refractivity contribution in [2.75, 3.05) is 6.61 Å². The van der Waals surface area contributed by atoms with Crippen LogP contribution in [0.1, 0.15) is 60.8 Å². The molecule has 0 saturated heterocycles. The summed E-state index contributed by atoms with van der Waals surface area (Å²) in [4.78, 5) is 36.4. The van der Waals surface area contributed by atoms with E-state index in [4.69, 9.17) is 16.3 Å². The lowest BCUT2D eigenvalue weighted by molar-refractivity contribution is -0.159. The number of aliphatic hydroxyl groups is 1. The lowest BCUT2D eigenvalue weighted by Gasteiger charge is -2.63. The fraction of sp³-hybridized carbons (Fsp3) is 0.741. The zero-order chi connectivity index (χ0) is 25.4. The predicted molar refractivity (Wildman–Crippen MR) is 127 cm³/mol. The second-order valence-electron chi connectivity index (χ2n) is 12.4. The van der Waals surface area contributed by atoms with E-state index < -0.39 is 45.3 Å². The number of ether oxygens (including phenoxy) is 1. The minimum Gasteiger partial charge on any atom is -0.457 e. The molecular formula is C27H36ClFO5. The molecule has 7 heteroatoms. The van der Waals surface area contributed by atoms with Crippen LogP contribution in [0.5, 0.6) is 0 Å². The number of rotatable bonds is 3. The van der Waals surface area contributed by atoms with E-state index in [1.165, 1.54) is 12.2 Å². The largest absolute Gasteiger partial charge is 0.457 e. The smallest absolute Gasteiger partial charge is 0.311 e. The van der Waals surface area contributed by atoms with Gasteiger partial charge in [-0.3, -0.25) is 14.4 Å². The van der Waals surface area contributed by atoms with Gasteiger partial charge in [-0.25, -0.2) is 4.39 Å². The maximum Gasteiger partial charge on any atom is 0.311 e. The van der Waals surface area contributed by atoms with Crippen molar-refractivity contribution in [1.82, 2.24) is 0 Å². The number of alkyl halides is 2. The molecule has 34 heavy (non-hydrogen) atoms. The summed E-state index contributed by atoms with van der Waals surface area (Å²) in [5, 5.41) is 11.5. The van der Waals surface area contributed by atoms with E-state index in [1.54, 1.807) is 26.8 Å². The van der Waals surface area contributed by atoms with Gasteiger partial charge in [0.2, 0.25) is 0 Å². The van der Waals surface area contributed by atoms with E-state index in [0.29, 0.717) is 12.0 Å². The molecule has 0 radical (unpaired) electrons. The zero-order valence-corrected chi connectivity index (χ0v) is 21.6. The van der Waals surface area contributed by atoms with Crippen molar-refractivity contribution >= 4 is 29.1 Å². The Morgan fingerprint density at radius 1 is 1.24 bits per heavy atom. The third-order valence-corrected chi connectivity index (χ3v) is 10.2. The number of hydrogen-bond acceptors (Lipinski definition) is 5. The fourth-order valence-electron chi connectivity index (χ4n) is 7.70. The molecule has 1 N–H and O–H groups in total. The van der Waals surface area contributed by atoms with E-state index >= 15 is 4.39 Å². The Hall–Kier alpha value is -1.53. The molecule has 0 amide bonds. The minimum atomic E-state index is -1.34. The molecule has 188 valence electrons. The van der Waals surface area contributed by atoms with Crippen LogP contribution in [0, 0.1) is 39.9 Å². The number of Topliss-reactive ketones (excluding diaryl/α,β-unsaturated/α-hetero) is 1. The van der Waals surface area contributed by atoms with Crippen LogP contribution < -0.4 is 0 Å². The number of aliphatic hydroxyl groups excluding tert-OH is 1. The number of allylic oxidation sites excluding steroid dienone is 4. The summed E-state index contributed by atoms with van der Waals surface area (Å²) in [5.74, 6) is -1.77. The highest BCUT2D eigenvalue weighted by Crippen LogP contribution is 2.70. The van der Waals surface area contributed by atoms with Crippen LogP contribution in [-0.2, 0) is 19.1 Å². The highest BCUT2D eigenvalue weighted by Gasteiger charge is 2.71. The normalized spacial score (nSPS) is 45.7. The molecule has 3 unspecified atom stereocenters. The third-order valence-electron chi connectivity index (χ3n) is 9.27. The van der Waals surface area contributed by atoms with Crippen LogP contribution in [0.15, 0.2) is 23.8 Å². The first-order valence-electron chi connectivity index (χ1n) is 12.2. The summed E-state index contributed by atoms with van der Waals surface area (Å²) >= 11 is 7.34. The van der Waals surface area contributed by atoms with Crippen molar-refractivity contribution in [2.24, 2.45) is 39.9 Å². The number of hydrogen-bond donors (Lipinski definition) is 1. The first kappa shape index (κ1) is 25.6. The standard InChI is InChI=1S/C27H36ClFO5/c1-14-9-16-17-11-19(29)18-10-15(30)7-8-26(18,6)27(17,28)21(32)12-25(16,5)22(14)20(31)13-34-23(33)24(2,3)4/h7-8,10,14,16-17,19,21-22,32H,9,11-13H2,1-6H3/t14-,16?,17?,19+,21+,22?,25+,26+,27+/m1/s1. The Morgan fingerprint density at radius 2 is 1.88 bits per heavy atom. The summed E-state index contributed by atoms with van der Waals surface area (Å²) in [6.07, 6.45) is 3.13. The molecule has 4 aliphatic carbocycles. The number of carbonyl (C=O) groups is 3. The van der Waals surface area contributed by atoms with Crippen LogP contribution >= 0.6 is 11.6 Å². The van der Waals surface area contributed by atoms with Crippen molar-refractivity contribution in [1.29, 1.82) is 0 Å². The molecule has 0 aromatic heterocycles. The van der Waals surface area contributed by atoms with Crippen molar-refractivity contribution in [3.63, 3.8) is 0 Å². The minimum absolute atomic E-state index is 0.0201.